The van der Waals surface area contributed by atoms with Gasteiger partial charge in [-0.15, -0.1) is 0 Å². The maximum absolute atomic E-state index is 12.4. The smallest absolute Gasteiger partial charge is 0.222 e. The monoisotopic (exact) mass is 331 g/mol. The van der Waals surface area contributed by atoms with Crippen LogP contribution in [0.1, 0.15) is 44.9 Å². The average Bonchev–Trinajstić information content (AvgIpc) is 3.08. The second-order valence-corrected chi connectivity index (χ2v) is 7.31. The van der Waals surface area contributed by atoms with Crippen molar-refractivity contribution in [2.45, 2.75) is 51.0 Å². The van der Waals surface area contributed by atoms with Gasteiger partial charge in [-0.2, -0.15) is 0 Å². The van der Waals surface area contributed by atoms with Crippen molar-refractivity contribution < 1.29 is 4.79 Å². The molecule has 1 aromatic heterocycles. The molecule has 2 fully saturated rings. The van der Waals surface area contributed by atoms with Gasteiger partial charge in [-0.1, -0.05) is 12.8 Å². The number of carbonyl (C=O) groups is 1. The van der Waals surface area contributed by atoms with Gasteiger partial charge in [0, 0.05) is 45.7 Å². The van der Waals surface area contributed by atoms with Crippen LogP contribution >= 0.6 is 0 Å². The molecule has 1 aliphatic heterocycles. The standard InChI is InChI=1S/C18H29N5O/c1-22(2)17-12-16(19-13-20-17)21-15-7-9-23(10-8-15)18(24)11-14-5-3-4-6-14/h12-15H,3-11H2,1-2H3,(H,19,20,21). The Hall–Kier alpha value is -1.85. The van der Waals surface area contributed by atoms with Crippen LogP contribution in [0.2, 0.25) is 0 Å². The Morgan fingerprint density at radius 3 is 2.58 bits per heavy atom. The van der Waals surface area contributed by atoms with Crippen LogP contribution in [0.15, 0.2) is 12.4 Å². The van der Waals surface area contributed by atoms with E-state index in [-0.39, 0.29) is 0 Å². The predicted molar refractivity (Wildman–Crippen MR) is 96.2 cm³/mol. The fourth-order valence-corrected chi connectivity index (χ4v) is 3.74. The summed E-state index contributed by atoms with van der Waals surface area (Å²) < 4.78 is 0. The Kier molecular flexibility index (Phi) is 5.53. The molecule has 0 atom stereocenters. The maximum Gasteiger partial charge on any atom is 0.222 e. The number of piperidine rings is 1. The fourth-order valence-electron chi connectivity index (χ4n) is 3.74. The SMILES string of the molecule is CN(C)c1cc(NC2CCN(C(=O)CC3CCCC3)CC2)ncn1. The largest absolute Gasteiger partial charge is 0.367 e. The Labute approximate surface area is 144 Å². The molecule has 3 rings (SSSR count). The number of nitrogens with zero attached hydrogens (tertiary/aromatic N) is 4. The second kappa shape index (κ2) is 7.81. The highest BCUT2D eigenvalue weighted by Gasteiger charge is 2.26. The van der Waals surface area contributed by atoms with Crippen molar-refractivity contribution in [1.29, 1.82) is 0 Å². The molecule has 6 heteroatoms. The first-order valence-corrected chi connectivity index (χ1v) is 9.15. The lowest BCUT2D eigenvalue weighted by molar-refractivity contribution is -0.133. The Morgan fingerprint density at radius 1 is 1.21 bits per heavy atom. The van der Waals surface area contributed by atoms with Crippen LogP contribution in [0.25, 0.3) is 0 Å². The lowest BCUT2D eigenvalue weighted by atomic mass is 10.0. The Balaban J connectivity index is 1.46. The molecule has 6 nitrogen and oxygen atoms in total. The first-order chi connectivity index (χ1) is 11.6. The molecular weight excluding hydrogens is 302 g/mol. The highest BCUT2D eigenvalue weighted by atomic mass is 16.2. The molecule has 2 heterocycles. The predicted octanol–water partition coefficient (Wildman–Crippen LogP) is 2.53. The van der Waals surface area contributed by atoms with E-state index in [9.17, 15) is 4.79 Å². The lowest BCUT2D eigenvalue weighted by Crippen LogP contribution is -2.42. The number of amides is 1. The number of hydrogen-bond donors (Lipinski definition) is 1. The third-order valence-electron chi connectivity index (χ3n) is 5.25. The highest BCUT2D eigenvalue weighted by Crippen LogP contribution is 2.28. The molecule has 1 saturated carbocycles. The van der Waals surface area contributed by atoms with E-state index in [0.717, 1.165) is 44.0 Å². The van der Waals surface area contributed by atoms with Gasteiger partial charge in [0.05, 0.1) is 0 Å². The van der Waals surface area contributed by atoms with Gasteiger partial charge in [-0.05, 0) is 31.6 Å². The molecule has 0 bridgehead atoms. The number of aromatic nitrogens is 2. The van der Waals surface area contributed by atoms with E-state index in [2.05, 4.69) is 20.2 Å². The van der Waals surface area contributed by atoms with Crippen molar-refractivity contribution in [3.63, 3.8) is 0 Å². The zero-order chi connectivity index (χ0) is 16.9. The molecule has 1 aromatic rings. The molecule has 0 spiro atoms. The summed E-state index contributed by atoms with van der Waals surface area (Å²) in [7, 11) is 3.95. The van der Waals surface area contributed by atoms with Crippen molar-refractivity contribution in [2.24, 2.45) is 5.92 Å². The van der Waals surface area contributed by atoms with Gasteiger partial charge in [-0.3, -0.25) is 4.79 Å². The molecule has 1 N–H and O–H groups in total. The van der Waals surface area contributed by atoms with E-state index in [1.165, 1.54) is 25.7 Å². The summed E-state index contributed by atoms with van der Waals surface area (Å²) in [5, 5.41) is 3.49. The van der Waals surface area contributed by atoms with Crippen LogP contribution in [0.4, 0.5) is 11.6 Å². The van der Waals surface area contributed by atoms with Crippen molar-refractivity contribution in [3.05, 3.63) is 12.4 Å². The molecular formula is C18H29N5O. The van der Waals surface area contributed by atoms with Crippen molar-refractivity contribution in [2.75, 3.05) is 37.4 Å². The van der Waals surface area contributed by atoms with E-state index in [0.29, 0.717) is 17.9 Å². The zero-order valence-electron chi connectivity index (χ0n) is 14.9. The normalized spacial score (nSPS) is 19.5. The summed E-state index contributed by atoms with van der Waals surface area (Å²) in [6, 6.07) is 2.35. The van der Waals surface area contributed by atoms with Crippen LogP contribution in [0.3, 0.4) is 0 Å². The minimum atomic E-state index is 0.359. The van der Waals surface area contributed by atoms with E-state index < -0.39 is 0 Å². The fraction of sp³-hybridized carbons (Fsp3) is 0.722. The van der Waals surface area contributed by atoms with Crippen molar-refractivity contribution in [3.8, 4) is 0 Å². The van der Waals surface area contributed by atoms with Crippen LogP contribution in [-0.4, -0.2) is 54.0 Å². The van der Waals surface area contributed by atoms with Crippen LogP contribution < -0.4 is 10.2 Å². The number of likely N-dealkylation sites (tertiary alicyclic amines) is 1. The molecule has 1 saturated heterocycles. The number of carbonyl (C=O) groups excluding carboxylic acids is 1. The number of nitrogens with one attached hydrogen (secondary N) is 1. The molecule has 24 heavy (non-hydrogen) atoms. The van der Waals surface area contributed by atoms with Gasteiger partial charge >= 0.3 is 0 Å². The molecule has 0 radical (unpaired) electrons. The second-order valence-electron chi connectivity index (χ2n) is 7.31. The van der Waals surface area contributed by atoms with Gasteiger partial charge in [-0.25, -0.2) is 9.97 Å². The number of hydrogen-bond acceptors (Lipinski definition) is 5. The van der Waals surface area contributed by atoms with Crippen molar-refractivity contribution >= 4 is 17.5 Å². The molecule has 1 aliphatic carbocycles. The Bertz CT molecular complexity index is 548. The van der Waals surface area contributed by atoms with Gasteiger partial charge < -0.3 is 15.1 Å². The van der Waals surface area contributed by atoms with Crippen LogP contribution in [0, 0.1) is 5.92 Å². The van der Waals surface area contributed by atoms with Gasteiger partial charge in [0.25, 0.3) is 0 Å². The minimum absolute atomic E-state index is 0.359. The molecule has 0 unspecified atom stereocenters. The Morgan fingerprint density at radius 2 is 1.92 bits per heavy atom. The summed E-state index contributed by atoms with van der Waals surface area (Å²) in [5.74, 6) is 2.76. The summed E-state index contributed by atoms with van der Waals surface area (Å²) in [6.07, 6.45) is 9.41. The zero-order valence-corrected chi connectivity index (χ0v) is 14.9. The number of anilines is 2. The van der Waals surface area contributed by atoms with Gasteiger partial charge in [0.1, 0.15) is 18.0 Å². The van der Waals surface area contributed by atoms with Crippen molar-refractivity contribution in [1.82, 2.24) is 14.9 Å². The van der Waals surface area contributed by atoms with Gasteiger partial charge in [0.15, 0.2) is 0 Å². The van der Waals surface area contributed by atoms with Crippen LogP contribution in [0.5, 0.6) is 0 Å². The summed E-state index contributed by atoms with van der Waals surface area (Å²) in [4.78, 5) is 25.0. The van der Waals surface area contributed by atoms with E-state index >= 15 is 0 Å². The van der Waals surface area contributed by atoms with E-state index in [4.69, 9.17) is 0 Å². The third kappa shape index (κ3) is 4.36. The quantitative estimate of drug-likeness (QED) is 0.898. The lowest BCUT2D eigenvalue weighted by Gasteiger charge is -2.33. The molecule has 132 valence electrons. The van der Waals surface area contributed by atoms with Crippen LogP contribution in [-0.2, 0) is 4.79 Å². The van der Waals surface area contributed by atoms with Gasteiger partial charge in [0.2, 0.25) is 5.91 Å². The first kappa shape index (κ1) is 17.0. The summed E-state index contributed by atoms with van der Waals surface area (Å²) in [5.41, 5.74) is 0. The summed E-state index contributed by atoms with van der Waals surface area (Å²) >= 11 is 0. The number of rotatable bonds is 5. The maximum atomic E-state index is 12.4. The molecule has 2 aliphatic rings. The molecule has 0 aromatic carbocycles. The first-order valence-electron chi connectivity index (χ1n) is 9.15. The highest BCUT2D eigenvalue weighted by molar-refractivity contribution is 5.76. The average molecular weight is 331 g/mol. The van der Waals surface area contributed by atoms with E-state index in [1.54, 1.807) is 6.33 Å². The molecule has 1 amide bonds. The topological polar surface area (TPSA) is 61.4 Å². The van der Waals surface area contributed by atoms with E-state index in [1.807, 2.05) is 25.1 Å². The third-order valence-corrected chi connectivity index (χ3v) is 5.25. The summed E-state index contributed by atoms with van der Waals surface area (Å²) in [6.45, 7) is 1.71. The minimum Gasteiger partial charge on any atom is -0.367 e.